The average molecular weight is 194 g/mol. The van der Waals surface area contributed by atoms with Crippen LogP contribution in [0.25, 0.3) is 0 Å². The molecule has 70 valence electrons. The molecule has 0 radical (unpaired) electrons. The van der Waals surface area contributed by atoms with E-state index in [1.54, 1.807) is 11.9 Å². The van der Waals surface area contributed by atoms with E-state index in [-0.39, 0.29) is 0 Å². The van der Waals surface area contributed by atoms with Gasteiger partial charge in [0.2, 0.25) is 0 Å². The Bertz CT molecular complexity index is 276. The molecule has 7 heteroatoms. The van der Waals surface area contributed by atoms with E-state index < -0.39 is 16.3 Å². The number of nitrogens with zero attached hydrogens (tertiary/aromatic N) is 1. The Kier molecular flexibility index (Phi) is 1.67. The van der Waals surface area contributed by atoms with Gasteiger partial charge in [0.15, 0.2) is 0 Å². The quantitative estimate of drug-likeness (QED) is 0.504. The molecule has 0 saturated carbocycles. The van der Waals surface area contributed by atoms with Crippen LogP contribution in [-0.4, -0.2) is 45.9 Å². The fraction of sp³-hybridized carbons (Fsp3) is 1.00. The van der Waals surface area contributed by atoms with Crippen LogP contribution < -0.4 is 5.32 Å². The van der Waals surface area contributed by atoms with Gasteiger partial charge in [-0.05, 0) is 7.05 Å². The highest BCUT2D eigenvalue weighted by atomic mass is 32.3. The predicted octanol–water partition coefficient (Wildman–Crippen LogP) is -1.53. The average Bonchev–Trinajstić information content (AvgIpc) is 1.91. The molecule has 0 aliphatic carbocycles. The topological polar surface area (TPSA) is 67.9 Å². The minimum Gasteiger partial charge on any atom is -0.309 e. The lowest BCUT2D eigenvalue weighted by atomic mass is 10.3. The predicted molar refractivity (Wildman–Crippen MR) is 39.3 cm³/mol. The minimum atomic E-state index is -3.70. The summed E-state index contributed by atoms with van der Waals surface area (Å²) >= 11 is 0. The van der Waals surface area contributed by atoms with E-state index in [0.29, 0.717) is 13.1 Å². The summed E-state index contributed by atoms with van der Waals surface area (Å²) in [5.41, 5.74) is 0. The second-order valence-corrected chi connectivity index (χ2v) is 4.04. The zero-order valence-electron chi connectivity index (χ0n) is 6.61. The van der Waals surface area contributed by atoms with E-state index in [4.69, 9.17) is 0 Å². The van der Waals surface area contributed by atoms with Crippen molar-refractivity contribution >= 4 is 10.4 Å². The third-order valence-corrected chi connectivity index (χ3v) is 2.95. The number of piperazine rings is 1. The molecule has 0 amide bonds. The Morgan fingerprint density at radius 1 is 1.50 bits per heavy atom. The molecule has 1 spiro atoms. The first kappa shape index (κ1) is 8.39. The third-order valence-electron chi connectivity index (χ3n) is 2.02. The number of nitrogens with one attached hydrogen (secondary N) is 1. The van der Waals surface area contributed by atoms with Crippen LogP contribution in [0, 0.1) is 0 Å². The molecule has 1 N–H and O–H groups in total. The molecule has 2 aliphatic rings. The Morgan fingerprint density at radius 3 is 2.67 bits per heavy atom. The van der Waals surface area contributed by atoms with Gasteiger partial charge in [0, 0.05) is 13.1 Å². The van der Waals surface area contributed by atoms with Gasteiger partial charge in [-0.3, -0.25) is 4.90 Å². The van der Waals surface area contributed by atoms with Crippen molar-refractivity contribution in [2.75, 3.05) is 26.7 Å². The fourth-order valence-corrected chi connectivity index (χ4v) is 2.33. The van der Waals surface area contributed by atoms with E-state index >= 15 is 0 Å². The molecule has 2 saturated heterocycles. The zero-order valence-corrected chi connectivity index (χ0v) is 7.43. The molecular weight excluding hydrogens is 184 g/mol. The van der Waals surface area contributed by atoms with Gasteiger partial charge < -0.3 is 5.32 Å². The summed E-state index contributed by atoms with van der Waals surface area (Å²) in [5.74, 6) is -1.07. The van der Waals surface area contributed by atoms with E-state index in [9.17, 15) is 8.42 Å². The molecule has 2 heterocycles. The Labute approximate surface area is 70.8 Å². The van der Waals surface area contributed by atoms with Crippen LogP contribution in [0.5, 0.6) is 0 Å². The van der Waals surface area contributed by atoms with Crippen LogP contribution in [0.15, 0.2) is 0 Å². The van der Waals surface area contributed by atoms with E-state index in [1.807, 2.05) is 0 Å². The summed E-state index contributed by atoms with van der Waals surface area (Å²) in [5, 5.41) is 2.99. The monoisotopic (exact) mass is 194 g/mol. The molecule has 0 atom stereocenters. The first-order chi connectivity index (χ1) is 5.54. The molecule has 0 unspecified atom stereocenters. The van der Waals surface area contributed by atoms with Gasteiger partial charge in [-0.2, -0.15) is 16.8 Å². The van der Waals surface area contributed by atoms with Crippen LogP contribution in [0.4, 0.5) is 0 Å². The maximum absolute atomic E-state index is 10.6. The number of rotatable bonds is 0. The zero-order chi connectivity index (χ0) is 8.82. The Hall–Kier alpha value is -0.210. The highest BCUT2D eigenvalue weighted by Crippen LogP contribution is 2.33. The first-order valence-electron chi connectivity index (χ1n) is 3.62. The van der Waals surface area contributed by atoms with Crippen molar-refractivity contribution in [2.45, 2.75) is 5.91 Å². The maximum Gasteiger partial charge on any atom is 0.407 e. The van der Waals surface area contributed by atoms with Crippen LogP contribution in [0.1, 0.15) is 0 Å². The van der Waals surface area contributed by atoms with Crippen molar-refractivity contribution in [3.05, 3.63) is 0 Å². The fourth-order valence-electron chi connectivity index (χ4n) is 1.31. The molecule has 0 aromatic heterocycles. The van der Waals surface area contributed by atoms with Gasteiger partial charge in [-0.15, -0.1) is 0 Å². The second kappa shape index (κ2) is 2.39. The smallest absolute Gasteiger partial charge is 0.309 e. The van der Waals surface area contributed by atoms with E-state index in [1.165, 1.54) is 0 Å². The molecule has 0 aromatic carbocycles. The second-order valence-electron chi connectivity index (χ2n) is 2.89. The Balaban J connectivity index is 2.13. The van der Waals surface area contributed by atoms with E-state index in [2.05, 4.69) is 13.7 Å². The van der Waals surface area contributed by atoms with Crippen molar-refractivity contribution in [1.82, 2.24) is 10.2 Å². The lowest BCUT2D eigenvalue weighted by molar-refractivity contribution is -0.278. The highest BCUT2D eigenvalue weighted by molar-refractivity contribution is 7.82. The highest BCUT2D eigenvalue weighted by Gasteiger charge is 2.56. The summed E-state index contributed by atoms with van der Waals surface area (Å²) in [4.78, 5) is 1.73. The lowest BCUT2D eigenvalue weighted by Crippen LogP contribution is -2.69. The summed E-state index contributed by atoms with van der Waals surface area (Å²) in [7, 11) is -1.94. The van der Waals surface area contributed by atoms with Crippen molar-refractivity contribution in [2.24, 2.45) is 0 Å². The standard InChI is InChI=1S/C5H10N2O4S/c1-7-3-2-6-4-5(7)10-12(8,9)11-5/h6H,2-4H2,1H3. The van der Waals surface area contributed by atoms with Crippen molar-refractivity contribution in [3.63, 3.8) is 0 Å². The summed E-state index contributed by atoms with van der Waals surface area (Å²) in [6, 6.07) is 0. The minimum absolute atomic E-state index is 0.378. The molecule has 12 heavy (non-hydrogen) atoms. The number of hydrogen-bond acceptors (Lipinski definition) is 6. The Morgan fingerprint density at radius 2 is 2.17 bits per heavy atom. The first-order valence-corrected chi connectivity index (χ1v) is 4.96. The lowest BCUT2D eigenvalue weighted by Gasteiger charge is -2.47. The maximum atomic E-state index is 10.6. The van der Waals surface area contributed by atoms with Crippen LogP contribution in [0.2, 0.25) is 0 Å². The van der Waals surface area contributed by atoms with Gasteiger partial charge in [0.25, 0.3) is 5.91 Å². The molecule has 0 bridgehead atoms. The number of hydrogen-bond donors (Lipinski definition) is 1. The third kappa shape index (κ3) is 1.14. The van der Waals surface area contributed by atoms with Gasteiger partial charge in [0.05, 0.1) is 6.54 Å². The van der Waals surface area contributed by atoms with Crippen LogP contribution in [-0.2, 0) is 18.8 Å². The van der Waals surface area contributed by atoms with Gasteiger partial charge in [-0.1, -0.05) is 0 Å². The molecular formula is C5H10N2O4S. The van der Waals surface area contributed by atoms with Crippen molar-refractivity contribution in [3.8, 4) is 0 Å². The summed E-state index contributed by atoms with van der Waals surface area (Å²) in [6.45, 7) is 1.89. The molecule has 2 rings (SSSR count). The van der Waals surface area contributed by atoms with Gasteiger partial charge >= 0.3 is 10.4 Å². The van der Waals surface area contributed by atoms with Crippen LogP contribution in [0.3, 0.4) is 0 Å². The van der Waals surface area contributed by atoms with Gasteiger partial charge in [0.1, 0.15) is 0 Å². The number of likely N-dealkylation sites (N-methyl/N-ethyl adjacent to an activating group) is 1. The largest absolute Gasteiger partial charge is 0.407 e. The summed E-state index contributed by atoms with van der Waals surface area (Å²) in [6.07, 6.45) is 0. The molecule has 0 aromatic rings. The normalized spacial score (nSPS) is 33.1. The molecule has 2 fully saturated rings. The van der Waals surface area contributed by atoms with E-state index in [0.717, 1.165) is 6.54 Å². The van der Waals surface area contributed by atoms with Crippen LogP contribution >= 0.6 is 0 Å². The molecule has 6 nitrogen and oxygen atoms in total. The van der Waals surface area contributed by atoms with Crippen molar-refractivity contribution < 1.29 is 16.8 Å². The SMILES string of the molecule is CN1CCNCC12OS(=O)(=O)O2. The van der Waals surface area contributed by atoms with Gasteiger partial charge in [-0.25, -0.2) is 0 Å². The molecule has 2 aliphatic heterocycles. The van der Waals surface area contributed by atoms with Crippen molar-refractivity contribution in [1.29, 1.82) is 0 Å². The summed E-state index contributed by atoms with van der Waals surface area (Å²) < 4.78 is 30.6.